The monoisotopic (exact) mass is 230 g/mol. The molecule has 0 aromatic carbocycles. The lowest BCUT2D eigenvalue weighted by atomic mass is 9.99. The molecule has 96 valence electrons. The molecule has 0 aliphatic carbocycles. The van der Waals surface area contributed by atoms with E-state index in [1.807, 2.05) is 0 Å². The van der Waals surface area contributed by atoms with Crippen LogP contribution in [0, 0.1) is 0 Å². The van der Waals surface area contributed by atoms with Crippen molar-refractivity contribution >= 4 is 5.97 Å². The van der Waals surface area contributed by atoms with Crippen LogP contribution >= 0.6 is 0 Å². The lowest BCUT2D eigenvalue weighted by molar-refractivity contribution is -0.146. The van der Waals surface area contributed by atoms with Gasteiger partial charge in [-0.15, -0.1) is 0 Å². The average molecular weight is 230 g/mol. The van der Waals surface area contributed by atoms with Crippen molar-refractivity contribution in [1.82, 2.24) is 4.90 Å². The minimum absolute atomic E-state index is 0.333. The molecule has 0 saturated carbocycles. The maximum Gasteiger partial charge on any atom is 0.325 e. The standard InChI is InChI=1S/C12H26N2O2/c1-5-8-14(9-6-2)10-7-12(3,13)11(15)16-4/h5-10,13H2,1-4H3. The Balaban J connectivity index is 4.12. The van der Waals surface area contributed by atoms with Gasteiger partial charge >= 0.3 is 5.97 Å². The third-order valence-electron chi connectivity index (χ3n) is 2.68. The molecule has 0 amide bonds. The number of carbonyl (C=O) groups is 1. The first kappa shape index (κ1) is 15.4. The fourth-order valence-corrected chi connectivity index (χ4v) is 1.69. The minimum atomic E-state index is -0.867. The van der Waals surface area contributed by atoms with Crippen molar-refractivity contribution in [2.45, 2.75) is 45.6 Å². The van der Waals surface area contributed by atoms with E-state index in [4.69, 9.17) is 5.73 Å². The van der Waals surface area contributed by atoms with E-state index in [1.165, 1.54) is 7.11 Å². The number of nitrogens with zero attached hydrogens (tertiary/aromatic N) is 1. The van der Waals surface area contributed by atoms with Crippen molar-refractivity contribution in [3.63, 3.8) is 0 Å². The summed E-state index contributed by atoms with van der Waals surface area (Å²) in [5.74, 6) is -0.333. The van der Waals surface area contributed by atoms with Crippen molar-refractivity contribution < 1.29 is 9.53 Å². The van der Waals surface area contributed by atoms with E-state index in [0.717, 1.165) is 32.5 Å². The number of ether oxygens (including phenoxy) is 1. The average Bonchev–Trinajstić information content (AvgIpc) is 2.25. The predicted octanol–water partition coefficient (Wildman–Crippen LogP) is 1.39. The van der Waals surface area contributed by atoms with Crippen molar-refractivity contribution in [2.75, 3.05) is 26.7 Å². The zero-order chi connectivity index (χ0) is 12.6. The molecule has 0 aliphatic heterocycles. The molecule has 2 N–H and O–H groups in total. The smallest absolute Gasteiger partial charge is 0.325 e. The Morgan fingerprint density at radius 3 is 2.12 bits per heavy atom. The van der Waals surface area contributed by atoms with Crippen molar-refractivity contribution in [3.05, 3.63) is 0 Å². The third-order valence-corrected chi connectivity index (χ3v) is 2.68. The lowest BCUT2D eigenvalue weighted by Crippen LogP contribution is -2.48. The topological polar surface area (TPSA) is 55.6 Å². The van der Waals surface area contributed by atoms with Crippen molar-refractivity contribution in [1.29, 1.82) is 0 Å². The minimum Gasteiger partial charge on any atom is -0.468 e. The van der Waals surface area contributed by atoms with Gasteiger partial charge in [0.05, 0.1) is 7.11 Å². The van der Waals surface area contributed by atoms with Crippen LogP contribution in [0.3, 0.4) is 0 Å². The molecule has 0 spiro atoms. The van der Waals surface area contributed by atoms with Crippen LogP contribution < -0.4 is 5.73 Å². The van der Waals surface area contributed by atoms with Gasteiger partial charge in [-0.2, -0.15) is 0 Å². The second-order valence-corrected chi connectivity index (χ2v) is 4.50. The molecule has 1 atom stereocenters. The summed E-state index contributed by atoms with van der Waals surface area (Å²) in [6, 6.07) is 0. The van der Waals surface area contributed by atoms with Gasteiger partial charge in [0.2, 0.25) is 0 Å². The van der Waals surface area contributed by atoms with Crippen molar-refractivity contribution in [3.8, 4) is 0 Å². The van der Waals surface area contributed by atoms with Crippen LogP contribution in [-0.2, 0) is 9.53 Å². The fourth-order valence-electron chi connectivity index (χ4n) is 1.69. The zero-order valence-electron chi connectivity index (χ0n) is 11.1. The van der Waals surface area contributed by atoms with Crippen LogP contribution in [0.4, 0.5) is 0 Å². The molecule has 0 fully saturated rings. The Kier molecular flexibility index (Phi) is 7.34. The van der Waals surface area contributed by atoms with Gasteiger partial charge in [0.25, 0.3) is 0 Å². The van der Waals surface area contributed by atoms with Crippen molar-refractivity contribution in [2.24, 2.45) is 5.73 Å². The van der Waals surface area contributed by atoms with Gasteiger partial charge in [-0.25, -0.2) is 0 Å². The molecule has 0 aromatic heterocycles. The molecular weight excluding hydrogens is 204 g/mol. The van der Waals surface area contributed by atoms with Crippen LogP contribution in [0.2, 0.25) is 0 Å². The fraction of sp³-hybridized carbons (Fsp3) is 0.917. The summed E-state index contributed by atoms with van der Waals surface area (Å²) in [7, 11) is 1.38. The normalized spacial score (nSPS) is 14.9. The first-order valence-corrected chi connectivity index (χ1v) is 6.07. The quantitative estimate of drug-likeness (QED) is 0.640. The second-order valence-electron chi connectivity index (χ2n) is 4.50. The van der Waals surface area contributed by atoms with E-state index in [2.05, 4.69) is 23.5 Å². The molecule has 4 nitrogen and oxygen atoms in total. The molecule has 0 radical (unpaired) electrons. The molecule has 0 saturated heterocycles. The number of hydrogen-bond acceptors (Lipinski definition) is 4. The number of esters is 1. The van der Waals surface area contributed by atoms with E-state index in [0.29, 0.717) is 6.42 Å². The highest BCUT2D eigenvalue weighted by molar-refractivity contribution is 5.79. The summed E-state index contributed by atoms with van der Waals surface area (Å²) in [6.07, 6.45) is 2.89. The van der Waals surface area contributed by atoms with Gasteiger partial charge < -0.3 is 15.4 Å². The molecule has 0 heterocycles. The molecular formula is C12H26N2O2. The first-order chi connectivity index (χ1) is 7.47. The maximum absolute atomic E-state index is 11.4. The Bertz CT molecular complexity index is 199. The van der Waals surface area contributed by atoms with E-state index in [1.54, 1.807) is 6.92 Å². The Morgan fingerprint density at radius 2 is 1.75 bits per heavy atom. The van der Waals surface area contributed by atoms with E-state index in [-0.39, 0.29) is 5.97 Å². The second kappa shape index (κ2) is 7.63. The number of nitrogens with two attached hydrogens (primary N) is 1. The molecule has 0 aromatic rings. The van der Waals surface area contributed by atoms with Gasteiger partial charge in [0, 0.05) is 6.54 Å². The van der Waals surface area contributed by atoms with Gasteiger partial charge in [-0.1, -0.05) is 13.8 Å². The Morgan fingerprint density at radius 1 is 1.25 bits per heavy atom. The number of rotatable bonds is 8. The summed E-state index contributed by atoms with van der Waals surface area (Å²) < 4.78 is 4.68. The molecule has 0 rings (SSSR count). The number of methoxy groups -OCH3 is 1. The third kappa shape index (κ3) is 5.47. The highest BCUT2D eigenvalue weighted by Gasteiger charge is 2.29. The van der Waals surface area contributed by atoms with E-state index >= 15 is 0 Å². The largest absolute Gasteiger partial charge is 0.468 e. The van der Waals surface area contributed by atoms with E-state index < -0.39 is 5.54 Å². The zero-order valence-corrected chi connectivity index (χ0v) is 11.1. The lowest BCUT2D eigenvalue weighted by Gasteiger charge is -2.27. The summed E-state index contributed by atoms with van der Waals surface area (Å²) in [5.41, 5.74) is 5.04. The highest BCUT2D eigenvalue weighted by Crippen LogP contribution is 2.09. The summed E-state index contributed by atoms with van der Waals surface area (Å²) in [4.78, 5) is 13.7. The van der Waals surface area contributed by atoms with Gasteiger partial charge in [0.1, 0.15) is 5.54 Å². The Hall–Kier alpha value is -0.610. The van der Waals surface area contributed by atoms with Crippen LogP contribution in [0.25, 0.3) is 0 Å². The highest BCUT2D eigenvalue weighted by atomic mass is 16.5. The van der Waals surface area contributed by atoms with Crippen LogP contribution in [-0.4, -0.2) is 43.2 Å². The summed E-state index contributed by atoms with van der Waals surface area (Å²) in [5, 5.41) is 0. The van der Waals surface area contributed by atoms with Crippen LogP contribution in [0.5, 0.6) is 0 Å². The molecule has 1 unspecified atom stereocenters. The summed E-state index contributed by atoms with van der Waals surface area (Å²) >= 11 is 0. The molecule has 16 heavy (non-hydrogen) atoms. The maximum atomic E-state index is 11.4. The predicted molar refractivity (Wildman–Crippen MR) is 66.2 cm³/mol. The van der Waals surface area contributed by atoms with Gasteiger partial charge in [0.15, 0.2) is 0 Å². The summed E-state index contributed by atoms with van der Waals surface area (Å²) in [6.45, 7) is 9.02. The molecule has 0 aliphatic rings. The van der Waals surface area contributed by atoms with Gasteiger partial charge in [-0.05, 0) is 39.3 Å². The van der Waals surface area contributed by atoms with Gasteiger partial charge in [-0.3, -0.25) is 4.79 Å². The van der Waals surface area contributed by atoms with Crippen LogP contribution in [0.15, 0.2) is 0 Å². The first-order valence-electron chi connectivity index (χ1n) is 6.07. The number of carbonyl (C=O) groups excluding carboxylic acids is 1. The molecule has 4 heteroatoms. The van der Waals surface area contributed by atoms with Crippen LogP contribution in [0.1, 0.15) is 40.0 Å². The SMILES string of the molecule is CCCN(CCC)CCC(C)(N)C(=O)OC. The van der Waals surface area contributed by atoms with E-state index in [9.17, 15) is 4.79 Å². The number of hydrogen-bond donors (Lipinski definition) is 1. The molecule has 0 bridgehead atoms. The Labute approximate surface area is 99.1 Å².